The second-order valence-corrected chi connectivity index (χ2v) is 6.02. The van der Waals surface area contributed by atoms with E-state index in [2.05, 4.69) is 48.9 Å². The van der Waals surface area contributed by atoms with Gasteiger partial charge in [0.05, 0.1) is 0 Å². The Kier molecular flexibility index (Phi) is 17.3. The first-order valence-corrected chi connectivity index (χ1v) is 10.2. The number of rotatable bonds is 5. The summed E-state index contributed by atoms with van der Waals surface area (Å²) in [7, 11) is 1.84. The normalized spacial score (nSPS) is 9.13. The van der Waals surface area contributed by atoms with Gasteiger partial charge in [0.15, 0.2) is 0 Å². The van der Waals surface area contributed by atoms with Gasteiger partial charge in [-0.05, 0) is 44.7 Å². The SMILES string of the molecule is CC.CNCOc1cccc(/C=C/NN)c1.Cc1ccccc1.Cc1ccccc1. The number of nitrogens with one attached hydrogen (secondary N) is 2. The fourth-order valence-corrected chi connectivity index (χ4v) is 2.08. The number of aryl methyl sites for hydroxylation is 2. The van der Waals surface area contributed by atoms with Gasteiger partial charge >= 0.3 is 0 Å². The molecule has 0 bridgehead atoms. The molecule has 0 amide bonds. The molecule has 0 heterocycles. The minimum Gasteiger partial charge on any atom is -0.478 e. The van der Waals surface area contributed by atoms with E-state index in [1.54, 1.807) is 6.20 Å². The highest BCUT2D eigenvalue weighted by molar-refractivity contribution is 5.51. The first-order chi connectivity index (χ1) is 14.7. The minimum absolute atomic E-state index is 0.502. The van der Waals surface area contributed by atoms with Crippen LogP contribution in [-0.2, 0) is 0 Å². The van der Waals surface area contributed by atoms with E-state index in [0.717, 1.165) is 11.3 Å². The number of hydrazine groups is 1. The Morgan fingerprint density at radius 1 is 0.800 bits per heavy atom. The topological polar surface area (TPSA) is 59.3 Å². The molecule has 4 nitrogen and oxygen atoms in total. The molecule has 0 fully saturated rings. The molecule has 30 heavy (non-hydrogen) atoms. The van der Waals surface area contributed by atoms with Crippen molar-refractivity contribution in [2.75, 3.05) is 13.8 Å². The molecule has 0 aliphatic heterocycles. The summed E-state index contributed by atoms with van der Waals surface area (Å²) < 4.78 is 5.38. The van der Waals surface area contributed by atoms with Crippen molar-refractivity contribution < 1.29 is 4.74 Å². The molecule has 0 saturated heterocycles. The first kappa shape index (κ1) is 26.9. The molecule has 0 radical (unpaired) electrons. The minimum atomic E-state index is 0.502. The molecule has 3 aromatic rings. The highest BCUT2D eigenvalue weighted by Gasteiger charge is 1.92. The molecule has 0 spiro atoms. The van der Waals surface area contributed by atoms with Crippen LogP contribution < -0.4 is 21.3 Å². The average molecular weight is 408 g/mol. The van der Waals surface area contributed by atoms with Gasteiger partial charge < -0.3 is 10.2 Å². The molecule has 0 aliphatic carbocycles. The van der Waals surface area contributed by atoms with Crippen LogP contribution in [-0.4, -0.2) is 13.8 Å². The fraction of sp³-hybridized carbons (Fsp3) is 0.231. The third-order valence-corrected chi connectivity index (χ3v) is 3.49. The van der Waals surface area contributed by atoms with Gasteiger partial charge in [0.1, 0.15) is 12.5 Å². The van der Waals surface area contributed by atoms with Crippen molar-refractivity contribution in [2.24, 2.45) is 5.84 Å². The molecule has 162 valence electrons. The van der Waals surface area contributed by atoms with E-state index in [-0.39, 0.29) is 0 Å². The fourth-order valence-electron chi connectivity index (χ4n) is 2.08. The Balaban J connectivity index is 0.000000441. The molecule has 3 rings (SSSR count). The quantitative estimate of drug-likeness (QED) is 0.289. The van der Waals surface area contributed by atoms with Crippen LogP contribution in [0, 0.1) is 13.8 Å². The van der Waals surface area contributed by atoms with E-state index < -0.39 is 0 Å². The molecular formula is C26H37N3O. The van der Waals surface area contributed by atoms with E-state index >= 15 is 0 Å². The average Bonchev–Trinajstić information content (AvgIpc) is 2.80. The summed E-state index contributed by atoms with van der Waals surface area (Å²) in [6.07, 6.45) is 3.53. The standard InChI is InChI=1S/C10H15N3O.2C7H8.C2H6/c1-12-8-14-10-4-2-3-9(7-10)5-6-13-11;2*1-7-5-3-2-4-6-7;1-2/h2-7,12-13H,8,11H2,1H3;2*2-6H,1H3;1-2H3/b6-5+;;;. The highest BCUT2D eigenvalue weighted by Crippen LogP contribution is 2.13. The second-order valence-electron chi connectivity index (χ2n) is 6.02. The summed E-state index contributed by atoms with van der Waals surface area (Å²) in [5.41, 5.74) is 6.13. The van der Waals surface area contributed by atoms with Gasteiger partial charge in [-0.15, -0.1) is 0 Å². The van der Waals surface area contributed by atoms with E-state index in [9.17, 15) is 0 Å². The molecule has 3 aromatic carbocycles. The van der Waals surface area contributed by atoms with E-state index in [4.69, 9.17) is 10.6 Å². The highest BCUT2D eigenvalue weighted by atomic mass is 16.5. The van der Waals surface area contributed by atoms with Gasteiger partial charge in [-0.25, -0.2) is 0 Å². The van der Waals surface area contributed by atoms with Crippen LogP contribution in [0.15, 0.2) is 91.1 Å². The molecule has 0 saturated carbocycles. The third kappa shape index (κ3) is 14.9. The van der Waals surface area contributed by atoms with Gasteiger partial charge in [0.2, 0.25) is 0 Å². The maximum atomic E-state index is 5.38. The predicted molar refractivity (Wildman–Crippen MR) is 131 cm³/mol. The maximum absolute atomic E-state index is 5.38. The van der Waals surface area contributed by atoms with Crippen molar-refractivity contribution in [1.82, 2.24) is 10.7 Å². The lowest BCUT2D eigenvalue weighted by Gasteiger charge is -2.05. The number of nitrogens with two attached hydrogens (primary N) is 1. The van der Waals surface area contributed by atoms with Crippen LogP contribution in [0.4, 0.5) is 0 Å². The summed E-state index contributed by atoms with van der Waals surface area (Å²) in [5.74, 6) is 5.95. The maximum Gasteiger partial charge on any atom is 0.139 e. The molecule has 4 heteroatoms. The van der Waals surface area contributed by atoms with Crippen molar-refractivity contribution >= 4 is 6.08 Å². The summed E-state index contributed by atoms with van der Waals surface area (Å²) in [6.45, 7) is 8.67. The second kappa shape index (κ2) is 19.2. The number of ether oxygens (including phenoxy) is 1. The zero-order valence-electron chi connectivity index (χ0n) is 18.9. The van der Waals surface area contributed by atoms with Gasteiger partial charge in [-0.3, -0.25) is 11.2 Å². The van der Waals surface area contributed by atoms with Crippen LogP contribution in [0.2, 0.25) is 0 Å². The Morgan fingerprint density at radius 3 is 1.73 bits per heavy atom. The molecule has 0 atom stereocenters. The van der Waals surface area contributed by atoms with E-state index in [0.29, 0.717) is 6.73 Å². The Labute approximate surface area is 182 Å². The van der Waals surface area contributed by atoms with Gasteiger partial charge in [0.25, 0.3) is 0 Å². The lowest BCUT2D eigenvalue weighted by molar-refractivity contribution is 0.296. The molecule has 4 N–H and O–H groups in total. The van der Waals surface area contributed by atoms with Gasteiger partial charge in [0, 0.05) is 6.20 Å². The smallest absolute Gasteiger partial charge is 0.139 e. The summed E-state index contributed by atoms with van der Waals surface area (Å²) in [6, 6.07) is 28.3. The molecule has 0 unspecified atom stereocenters. The van der Waals surface area contributed by atoms with Crippen molar-refractivity contribution in [3.05, 3.63) is 108 Å². The lowest BCUT2D eigenvalue weighted by atomic mass is 10.2. The van der Waals surface area contributed by atoms with Crippen molar-refractivity contribution in [1.29, 1.82) is 0 Å². The van der Waals surface area contributed by atoms with Crippen LogP contribution in [0.5, 0.6) is 5.75 Å². The monoisotopic (exact) mass is 407 g/mol. The molecular weight excluding hydrogens is 370 g/mol. The van der Waals surface area contributed by atoms with Crippen molar-refractivity contribution in [3.63, 3.8) is 0 Å². The number of benzene rings is 3. The van der Waals surface area contributed by atoms with Crippen LogP contribution >= 0.6 is 0 Å². The van der Waals surface area contributed by atoms with Crippen molar-refractivity contribution in [3.8, 4) is 5.75 Å². The summed E-state index contributed by atoms with van der Waals surface area (Å²) in [4.78, 5) is 0. The molecule has 0 aliphatic rings. The summed E-state index contributed by atoms with van der Waals surface area (Å²) >= 11 is 0. The first-order valence-electron chi connectivity index (χ1n) is 10.2. The van der Waals surface area contributed by atoms with E-state index in [1.165, 1.54) is 11.1 Å². The van der Waals surface area contributed by atoms with Gasteiger partial charge in [-0.1, -0.05) is 97.8 Å². The zero-order valence-corrected chi connectivity index (χ0v) is 18.9. The summed E-state index contributed by atoms with van der Waals surface area (Å²) in [5, 5.41) is 2.91. The van der Waals surface area contributed by atoms with Crippen molar-refractivity contribution in [2.45, 2.75) is 27.7 Å². The Bertz CT molecular complexity index is 737. The Hall–Kier alpha value is -3.08. The lowest BCUT2D eigenvalue weighted by Crippen LogP contribution is -2.14. The predicted octanol–water partition coefficient (Wildman–Crippen LogP) is 5.69. The number of hydrogen-bond donors (Lipinski definition) is 3. The van der Waals surface area contributed by atoms with E-state index in [1.807, 2.05) is 87.6 Å². The van der Waals surface area contributed by atoms with Crippen LogP contribution in [0.3, 0.4) is 0 Å². The van der Waals surface area contributed by atoms with Crippen LogP contribution in [0.1, 0.15) is 30.5 Å². The molecule has 0 aromatic heterocycles. The zero-order chi connectivity index (χ0) is 22.5. The Morgan fingerprint density at radius 2 is 1.33 bits per heavy atom. The van der Waals surface area contributed by atoms with Gasteiger partial charge in [-0.2, -0.15) is 0 Å². The van der Waals surface area contributed by atoms with Crippen LogP contribution in [0.25, 0.3) is 6.08 Å². The largest absolute Gasteiger partial charge is 0.478 e. The number of hydrogen-bond acceptors (Lipinski definition) is 4. The third-order valence-electron chi connectivity index (χ3n) is 3.49.